The van der Waals surface area contributed by atoms with E-state index in [-0.39, 0.29) is 11.3 Å². The van der Waals surface area contributed by atoms with Crippen LogP contribution in [0.25, 0.3) is 0 Å². The van der Waals surface area contributed by atoms with Gasteiger partial charge < -0.3 is 14.0 Å². The Morgan fingerprint density at radius 1 is 1.11 bits per heavy atom. The molecule has 4 nitrogen and oxygen atoms in total. The van der Waals surface area contributed by atoms with Gasteiger partial charge in [0.05, 0.1) is 0 Å². The van der Waals surface area contributed by atoms with Crippen molar-refractivity contribution in [3.05, 3.63) is 22.3 Å². The van der Waals surface area contributed by atoms with E-state index in [1.807, 2.05) is 33.5 Å². The molecule has 0 radical (unpaired) electrons. The molecule has 106 valence electrons. The average Bonchev–Trinajstić information content (AvgIpc) is 2.28. The molecule has 0 aliphatic carbocycles. The third-order valence-electron chi connectivity index (χ3n) is 3.09. The maximum Gasteiger partial charge on any atom is 0.332 e. The van der Waals surface area contributed by atoms with Gasteiger partial charge in [-0.05, 0) is 57.1 Å². The van der Waals surface area contributed by atoms with Crippen LogP contribution in [0.1, 0.15) is 27.0 Å². The summed E-state index contributed by atoms with van der Waals surface area (Å²) in [5.74, 6) is -0.0681. The molecule has 0 saturated carbocycles. The van der Waals surface area contributed by atoms with Crippen molar-refractivity contribution in [3.63, 3.8) is 0 Å². The number of hydrogen-bond acceptors (Lipinski definition) is 4. The lowest BCUT2D eigenvalue weighted by Gasteiger charge is -2.22. The van der Waals surface area contributed by atoms with E-state index in [0.717, 1.165) is 11.1 Å². The van der Waals surface area contributed by atoms with Crippen LogP contribution in [0.4, 0.5) is 0 Å². The number of benzene rings is 1. The number of carbonyl (C=O) groups is 1. The van der Waals surface area contributed by atoms with Crippen molar-refractivity contribution in [1.82, 2.24) is 0 Å². The zero-order valence-electron chi connectivity index (χ0n) is 12.7. The van der Waals surface area contributed by atoms with Crippen LogP contribution >= 0.6 is 0 Å². The van der Waals surface area contributed by atoms with Gasteiger partial charge in [-0.2, -0.15) is 0 Å². The van der Waals surface area contributed by atoms with Gasteiger partial charge in [-0.15, -0.1) is 0 Å². The number of hydrogen-bond donors (Lipinski definition) is 1. The molecule has 1 rings (SSSR count). The molecule has 0 unspecified atom stereocenters. The molecule has 0 atom stereocenters. The molecule has 0 saturated heterocycles. The number of phenols is 1. The standard InChI is InChI=1S/C13H22O4Si2/c1-7-8(2)11(14)10(12(16-18)9(7)3)13(15)17-19(4,5)6/h14H,1-6,18H3. The molecule has 0 bridgehead atoms. The third-order valence-corrected chi connectivity index (χ3v) is 4.30. The van der Waals surface area contributed by atoms with Gasteiger partial charge in [0, 0.05) is 0 Å². The molecule has 1 aromatic carbocycles. The second kappa shape index (κ2) is 5.38. The van der Waals surface area contributed by atoms with Crippen LogP contribution < -0.4 is 4.43 Å². The predicted molar refractivity (Wildman–Crippen MR) is 81.6 cm³/mol. The van der Waals surface area contributed by atoms with Gasteiger partial charge >= 0.3 is 5.97 Å². The lowest BCUT2D eigenvalue weighted by atomic mass is 9.97. The molecule has 1 aromatic rings. The second-order valence-corrected chi connectivity index (χ2v) is 10.5. The van der Waals surface area contributed by atoms with Crippen molar-refractivity contribution in [1.29, 1.82) is 0 Å². The highest BCUT2D eigenvalue weighted by atomic mass is 28.4. The van der Waals surface area contributed by atoms with E-state index in [1.165, 1.54) is 0 Å². The lowest BCUT2D eigenvalue weighted by Crippen LogP contribution is -2.29. The fraction of sp³-hybridized carbons (Fsp3) is 0.462. The summed E-state index contributed by atoms with van der Waals surface area (Å²) in [7, 11) is -1.57. The Kier molecular flexibility index (Phi) is 4.47. The summed E-state index contributed by atoms with van der Waals surface area (Å²) in [6, 6.07) is 0. The molecule has 0 heterocycles. The second-order valence-electron chi connectivity index (χ2n) is 5.63. The molecular weight excluding hydrogens is 276 g/mol. The minimum absolute atomic E-state index is 0.0304. The summed E-state index contributed by atoms with van der Waals surface area (Å²) in [6.07, 6.45) is 0. The largest absolute Gasteiger partial charge is 0.552 e. The van der Waals surface area contributed by atoms with E-state index in [9.17, 15) is 9.90 Å². The molecule has 6 heteroatoms. The fourth-order valence-electron chi connectivity index (χ4n) is 1.89. The maximum atomic E-state index is 12.3. The van der Waals surface area contributed by atoms with E-state index in [4.69, 9.17) is 8.85 Å². The van der Waals surface area contributed by atoms with E-state index >= 15 is 0 Å². The van der Waals surface area contributed by atoms with Crippen LogP contribution in [0, 0.1) is 20.8 Å². The van der Waals surface area contributed by atoms with Crippen LogP contribution in [0.15, 0.2) is 0 Å². The van der Waals surface area contributed by atoms with Crippen LogP contribution in [0.2, 0.25) is 19.6 Å². The number of phenolic OH excluding ortho intramolecular Hbond substituents is 1. The highest BCUT2D eigenvalue weighted by Gasteiger charge is 2.28. The molecule has 0 amide bonds. The minimum atomic E-state index is -2.01. The maximum absolute atomic E-state index is 12.3. The van der Waals surface area contributed by atoms with Crippen LogP contribution in [-0.4, -0.2) is 29.9 Å². The van der Waals surface area contributed by atoms with Gasteiger partial charge in [0.1, 0.15) is 17.1 Å². The van der Waals surface area contributed by atoms with Gasteiger partial charge in [0.2, 0.25) is 18.8 Å². The first-order chi connectivity index (χ1) is 8.60. The van der Waals surface area contributed by atoms with Gasteiger partial charge in [-0.25, -0.2) is 4.79 Å². The number of rotatable bonds is 3. The zero-order valence-corrected chi connectivity index (χ0v) is 15.7. The first-order valence-corrected chi connectivity index (χ1v) is 10.4. The third kappa shape index (κ3) is 3.19. The van der Waals surface area contributed by atoms with Gasteiger partial charge in [-0.3, -0.25) is 0 Å². The van der Waals surface area contributed by atoms with Gasteiger partial charge in [0.15, 0.2) is 0 Å². The van der Waals surface area contributed by atoms with E-state index < -0.39 is 14.3 Å². The highest BCUT2D eigenvalue weighted by molar-refractivity contribution is 6.71. The molecular formula is C13H22O4Si2. The molecule has 0 fully saturated rings. The Morgan fingerprint density at radius 2 is 1.63 bits per heavy atom. The van der Waals surface area contributed by atoms with E-state index in [1.54, 1.807) is 6.92 Å². The van der Waals surface area contributed by atoms with Crippen LogP contribution in [0.5, 0.6) is 11.5 Å². The quantitative estimate of drug-likeness (QED) is 0.867. The normalized spacial score (nSPS) is 11.5. The van der Waals surface area contributed by atoms with Crippen molar-refractivity contribution < 1.29 is 18.8 Å². The Hall–Kier alpha value is -1.28. The molecule has 0 spiro atoms. The topological polar surface area (TPSA) is 55.8 Å². The molecule has 0 aromatic heterocycles. The van der Waals surface area contributed by atoms with Crippen LogP contribution in [0.3, 0.4) is 0 Å². The van der Waals surface area contributed by atoms with E-state index in [2.05, 4.69) is 0 Å². The lowest BCUT2D eigenvalue weighted by molar-refractivity contribution is 0.0719. The fourth-order valence-corrected chi connectivity index (χ4v) is 3.05. The Labute approximate surface area is 118 Å². The van der Waals surface area contributed by atoms with Crippen LogP contribution in [-0.2, 0) is 4.43 Å². The van der Waals surface area contributed by atoms with Crippen molar-refractivity contribution in [2.75, 3.05) is 0 Å². The molecule has 0 aliphatic heterocycles. The molecule has 0 aliphatic rings. The first-order valence-electron chi connectivity index (χ1n) is 6.20. The van der Waals surface area contributed by atoms with Gasteiger partial charge in [-0.1, -0.05) is 0 Å². The SMILES string of the molecule is Cc1c(C)c(O)c(C(=O)O[Si](C)(C)C)c(O[SiH3])c1C. The highest BCUT2D eigenvalue weighted by Crippen LogP contribution is 2.38. The van der Waals surface area contributed by atoms with Crippen molar-refractivity contribution >= 4 is 24.8 Å². The summed E-state index contributed by atoms with van der Waals surface area (Å²) in [5.41, 5.74) is 2.68. The summed E-state index contributed by atoms with van der Waals surface area (Å²) in [5, 5.41) is 10.2. The monoisotopic (exact) mass is 298 g/mol. The van der Waals surface area contributed by atoms with Crippen molar-refractivity contribution in [2.24, 2.45) is 0 Å². The smallest absolute Gasteiger partial charge is 0.332 e. The summed E-state index contributed by atoms with van der Waals surface area (Å²) < 4.78 is 10.9. The Morgan fingerprint density at radius 3 is 2.05 bits per heavy atom. The van der Waals surface area contributed by atoms with Crippen molar-refractivity contribution in [3.8, 4) is 11.5 Å². The number of aromatic hydroxyl groups is 1. The Bertz CT molecular complexity index is 519. The minimum Gasteiger partial charge on any atom is -0.552 e. The van der Waals surface area contributed by atoms with Crippen molar-refractivity contribution in [2.45, 2.75) is 40.4 Å². The summed E-state index contributed by atoms with van der Waals surface area (Å²) >= 11 is 0. The zero-order chi connectivity index (χ0) is 15.0. The summed E-state index contributed by atoms with van der Waals surface area (Å²) in [6.45, 7) is 11.4. The van der Waals surface area contributed by atoms with E-state index in [0.29, 0.717) is 21.8 Å². The first kappa shape index (κ1) is 15.8. The predicted octanol–water partition coefficient (Wildman–Crippen LogP) is 1.97. The summed E-state index contributed by atoms with van der Waals surface area (Å²) in [4.78, 5) is 12.3. The molecule has 1 N–H and O–H groups in total. The van der Waals surface area contributed by atoms with Gasteiger partial charge in [0.25, 0.3) is 0 Å². The molecule has 19 heavy (non-hydrogen) atoms. The number of carbonyl (C=O) groups excluding carboxylic acids is 1. The Balaban J connectivity index is 3.46. The average molecular weight is 298 g/mol.